The molecule has 0 fully saturated rings. The lowest BCUT2D eigenvalue weighted by molar-refractivity contribution is 0.398. The lowest BCUT2D eigenvalue weighted by Crippen LogP contribution is -2.43. The van der Waals surface area contributed by atoms with Gasteiger partial charge in [-0.25, -0.2) is 0 Å². The number of hydrogen-bond donors (Lipinski definition) is 3. The van der Waals surface area contributed by atoms with Crippen LogP contribution in [0.15, 0.2) is 23.2 Å². The second kappa shape index (κ2) is 9.78. The van der Waals surface area contributed by atoms with Gasteiger partial charge in [0.05, 0.1) is 19.7 Å². The van der Waals surface area contributed by atoms with Gasteiger partial charge >= 0.3 is 0 Å². The number of methoxy groups -OCH3 is 2. The van der Waals surface area contributed by atoms with Crippen LogP contribution in [0.5, 0.6) is 11.5 Å². The molecular weight excluding hydrogens is 360 g/mol. The van der Waals surface area contributed by atoms with Crippen molar-refractivity contribution < 1.29 is 9.47 Å². The topological polar surface area (TPSA) is 70.7 Å². The minimum absolute atomic E-state index is 0.183. The Morgan fingerprint density at radius 1 is 1.19 bits per heavy atom. The maximum atomic E-state index is 5.48. The van der Waals surface area contributed by atoms with Crippen LogP contribution in [-0.4, -0.2) is 56.3 Å². The number of H-pyrrole nitrogens is 1. The lowest BCUT2D eigenvalue weighted by atomic mass is 10.2. The molecule has 0 unspecified atom stereocenters. The van der Waals surface area contributed by atoms with Crippen LogP contribution in [0.1, 0.15) is 26.0 Å². The lowest BCUT2D eigenvalue weighted by Gasteiger charge is -2.23. The van der Waals surface area contributed by atoms with Gasteiger partial charge in [-0.2, -0.15) is 11.8 Å². The number of aromatic amines is 1. The molecule has 6 nitrogen and oxygen atoms in total. The van der Waals surface area contributed by atoms with Gasteiger partial charge in [0.15, 0.2) is 5.96 Å². The standard InChI is InChI=1S/C20H32N4O2S/c1-20(2,27-6)13-23-19(21-3)22-9-7-8-14-10-16-17(24-14)11-15(25-4)12-18(16)26-5/h10-12,24H,7-9,13H2,1-6H3,(H2,21,22,23). The maximum absolute atomic E-state index is 5.48. The molecule has 1 heterocycles. The summed E-state index contributed by atoms with van der Waals surface area (Å²) in [4.78, 5) is 7.76. The van der Waals surface area contributed by atoms with Crippen molar-refractivity contribution in [2.45, 2.75) is 31.4 Å². The number of guanidine groups is 1. The third-order valence-corrected chi connectivity index (χ3v) is 5.81. The number of hydrogen-bond acceptors (Lipinski definition) is 4. The first-order chi connectivity index (χ1) is 12.9. The number of aliphatic imine (C=N–C) groups is 1. The van der Waals surface area contributed by atoms with E-state index >= 15 is 0 Å². The van der Waals surface area contributed by atoms with Crippen molar-refractivity contribution in [1.29, 1.82) is 0 Å². The Balaban J connectivity index is 1.88. The highest BCUT2D eigenvalue weighted by Gasteiger charge is 2.16. The molecule has 2 rings (SSSR count). The fourth-order valence-electron chi connectivity index (χ4n) is 2.73. The van der Waals surface area contributed by atoms with E-state index in [9.17, 15) is 0 Å². The van der Waals surface area contributed by atoms with Gasteiger partial charge in [-0.15, -0.1) is 0 Å². The molecule has 0 radical (unpaired) electrons. The Labute approximate surface area is 166 Å². The number of nitrogens with one attached hydrogen (secondary N) is 3. The molecule has 0 spiro atoms. The highest BCUT2D eigenvalue weighted by atomic mass is 32.2. The van der Waals surface area contributed by atoms with Crippen molar-refractivity contribution in [3.63, 3.8) is 0 Å². The average molecular weight is 393 g/mol. The fourth-order valence-corrected chi connectivity index (χ4v) is 2.95. The molecule has 0 aliphatic carbocycles. The predicted molar refractivity (Wildman–Crippen MR) is 117 cm³/mol. The number of benzene rings is 1. The van der Waals surface area contributed by atoms with Gasteiger partial charge in [0, 0.05) is 48.1 Å². The van der Waals surface area contributed by atoms with Crippen molar-refractivity contribution in [3.05, 3.63) is 23.9 Å². The number of aromatic nitrogens is 1. The van der Waals surface area contributed by atoms with Crippen molar-refractivity contribution in [2.75, 3.05) is 40.6 Å². The monoisotopic (exact) mass is 392 g/mol. The molecular formula is C20H32N4O2S. The van der Waals surface area contributed by atoms with Crippen LogP contribution in [0, 0.1) is 0 Å². The SMILES string of the molecule is CN=C(NCCCc1cc2c(OC)cc(OC)cc2[nH]1)NCC(C)(C)SC. The van der Waals surface area contributed by atoms with Crippen molar-refractivity contribution in [2.24, 2.45) is 4.99 Å². The van der Waals surface area contributed by atoms with E-state index in [1.165, 1.54) is 5.69 Å². The van der Waals surface area contributed by atoms with E-state index in [0.29, 0.717) is 0 Å². The first-order valence-electron chi connectivity index (χ1n) is 9.15. The summed E-state index contributed by atoms with van der Waals surface area (Å²) in [5.41, 5.74) is 2.22. The van der Waals surface area contributed by atoms with E-state index in [1.54, 1.807) is 21.3 Å². The van der Waals surface area contributed by atoms with E-state index in [1.807, 2.05) is 23.9 Å². The van der Waals surface area contributed by atoms with Crippen LogP contribution in [-0.2, 0) is 6.42 Å². The second-order valence-electron chi connectivity index (χ2n) is 7.01. The number of thioether (sulfide) groups is 1. The molecule has 27 heavy (non-hydrogen) atoms. The van der Waals surface area contributed by atoms with Gasteiger partial charge in [-0.05, 0) is 39.0 Å². The van der Waals surface area contributed by atoms with Crippen LogP contribution in [0.4, 0.5) is 0 Å². The maximum Gasteiger partial charge on any atom is 0.191 e. The van der Waals surface area contributed by atoms with Gasteiger partial charge in [-0.1, -0.05) is 0 Å². The molecule has 150 valence electrons. The third-order valence-electron chi connectivity index (χ3n) is 4.56. The first-order valence-corrected chi connectivity index (χ1v) is 10.4. The Morgan fingerprint density at radius 3 is 2.59 bits per heavy atom. The van der Waals surface area contributed by atoms with Crippen molar-refractivity contribution >= 4 is 28.6 Å². The van der Waals surface area contributed by atoms with Crippen molar-refractivity contribution in [3.8, 4) is 11.5 Å². The predicted octanol–water partition coefficient (Wildman–Crippen LogP) is 3.42. The van der Waals surface area contributed by atoms with E-state index in [2.05, 4.69) is 46.8 Å². The van der Waals surface area contributed by atoms with Crippen LogP contribution in [0.3, 0.4) is 0 Å². The van der Waals surface area contributed by atoms with E-state index in [4.69, 9.17) is 9.47 Å². The molecule has 3 N–H and O–H groups in total. The zero-order valence-electron chi connectivity index (χ0n) is 17.2. The minimum Gasteiger partial charge on any atom is -0.497 e. The summed E-state index contributed by atoms with van der Waals surface area (Å²) < 4.78 is 11.0. The van der Waals surface area contributed by atoms with Crippen LogP contribution < -0.4 is 20.1 Å². The van der Waals surface area contributed by atoms with E-state index in [0.717, 1.165) is 54.3 Å². The molecule has 0 atom stereocenters. The number of aryl methyl sites for hydroxylation is 1. The number of ether oxygens (including phenoxy) is 2. The fraction of sp³-hybridized carbons (Fsp3) is 0.550. The summed E-state index contributed by atoms with van der Waals surface area (Å²) >= 11 is 1.84. The normalized spacial score (nSPS) is 12.3. The molecule has 1 aromatic carbocycles. The average Bonchev–Trinajstić information content (AvgIpc) is 3.09. The molecule has 0 saturated carbocycles. The Kier molecular flexibility index (Phi) is 7.71. The molecule has 7 heteroatoms. The van der Waals surface area contributed by atoms with E-state index < -0.39 is 0 Å². The summed E-state index contributed by atoms with van der Waals surface area (Å²) in [5.74, 6) is 2.46. The minimum atomic E-state index is 0.183. The highest BCUT2D eigenvalue weighted by molar-refractivity contribution is 7.99. The molecule has 2 aromatic rings. The molecule has 1 aromatic heterocycles. The quantitative estimate of drug-likeness (QED) is 0.346. The molecule has 0 aliphatic rings. The largest absolute Gasteiger partial charge is 0.497 e. The zero-order valence-corrected chi connectivity index (χ0v) is 18.0. The van der Waals surface area contributed by atoms with Crippen molar-refractivity contribution in [1.82, 2.24) is 15.6 Å². The second-order valence-corrected chi connectivity index (χ2v) is 8.52. The summed E-state index contributed by atoms with van der Waals surface area (Å²) in [5, 5.41) is 7.85. The molecule has 0 aliphatic heterocycles. The van der Waals surface area contributed by atoms with Gasteiger partial charge < -0.3 is 25.1 Å². The Morgan fingerprint density at radius 2 is 1.96 bits per heavy atom. The summed E-state index contributed by atoms with van der Waals surface area (Å²) in [6, 6.07) is 6.06. The van der Waals surface area contributed by atoms with Gasteiger partial charge in [0.25, 0.3) is 0 Å². The van der Waals surface area contributed by atoms with Crippen LogP contribution in [0.2, 0.25) is 0 Å². The number of rotatable bonds is 9. The Hall–Kier alpha value is -2.02. The van der Waals surface area contributed by atoms with Gasteiger partial charge in [0.2, 0.25) is 0 Å². The summed E-state index contributed by atoms with van der Waals surface area (Å²) in [7, 11) is 5.15. The third kappa shape index (κ3) is 5.99. The van der Waals surface area contributed by atoms with E-state index in [-0.39, 0.29) is 4.75 Å². The van der Waals surface area contributed by atoms with Gasteiger partial charge in [-0.3, -0.25) is 4.99 Å². The molecule has 0 saturated heterocycles. The number of nitrogens with zero attached hydrogens (tertiary/aromatic N) is 1. The first kappa shape index (κ1) is 21.3. The van der Waals surface area contributed by atoms with Gasteiger partial charge in [0.1, 0.15) is 11.5 Å². The number of fused-ring (bicyclic) bond motifs is 1. The highest BCUT2D eigenvalue weighted by Crippen LogP contribution is 2.31. The Bertz CT molecular complexity index is 771. The smallest absolute Gasteiger partial charge is 0.191 e. The summed E-state index contributed by atoms with van der Waals surface area (Å²) in [6.07, 6.45) is 4.07. The summed E-state index contributed by atoms with van der Waals surface area (Å²) in [6.45, 7) is 6.17. The molecule has 0 amide bonds. The zero-order chi connectivity index (χ0) is 19.9. The van der Waals surface area contributed by atoms with Crippen LogP contribution >= 0.6 is 11.8 Å². The molecule has 0 bridgehead atoms. The van der Waals surface area contributed by atoms with Crippen LogP contribution in [0.25, 0.3) is 10.9 Å².